The summed E-state index contributed by atoms with van der Waals surface area (Å²) in [6.45, 7) is 2.61. The Morgan fingerprint density at radius 3 is 2.74 bits per heavy atom. The van der Waals surface area contributed by atoms with Gasteiger partial charge in [-0.3, -0.25) is 4.99 Å². The number of nitriles is 1. The Labute approximate surface area is 159 Å². The normalized spacial score (nSPS) is 14.2. The zero-order valence-electron chi connectivity index (χ0n) is 15.4. The van der Waals surface area contributed by atoms with Crippen LogP contribution in [0.3, 0.4) is 0 Å². The Bertz CT molecular complexity index is 976. The van der Waals surface area contributed by atoms with Crippen molar-refractivity contribution in [2.75, 3.05) is 18.0 Å². The van der Waals surface area contributed by atoms with Gasteiger partial charge in [-0.15, -0.1) is 0 Å². The molecule has 5 heteroatoms. The number of hydrogen-bond acceptors (Lipinski definition) is 3. The topological polar surface area (TPSA) is 57.2 Å². The molecule has 0 unspecified atom stereocenters. The van der Waals surface area contributed by atoms with E-state index in [9.17, 15) is 0 Å². The van der Waals surface area contributed by atoms with E-state index in [4.69, 9.17) is 10.3 Å². The highest BCUT2D eigenvalue weighted by Gasteiger charge is 2.27. The third-order valence-corrected chi connectivity index (χ3v) is 4.99. The summed E-state index contributed by atoms with van der Waals surface area (Å²) >= 11 is 0. The number of aliphatic imine (C=N–C) groups is 1. The second kappa shape index (κ2) is 8.05. The molecule has 0 saturated heterocycles. The van der Waals surface area contributed by atoms with Gasteiger partial charge < -0.3 is 9.47 Å². The van der Waals surface area contributed by atoms with Crippen LogP contribution in [0.15, 0.2) is 60.1 Å². The van der Waals surface area contributed by atoms with Crippen LogP contribution in [0.25, 0.3) is 10.8 Å². The van der Waals surface area contributed by atoms with Crippen LogP contribution < -0.4 is 4.90 Å². The summed E-state index contributed by atoms with van der Waals surface area (Å²) in [4.78, 5) is 11.4. The van der Waals surface area contributed by atoms with Gasteiger partial charge in [0, 0.05) is 49.4 Å². The number of imidazole rings is 1. The molecule has 1 aliphatic rings. The fraction of sp³-hybridized carbons (Fsp3) is 0.318. The summed E-state index contributed by atoms with van der Waals surface area (Å²) in [7, 11) is 0. The van der Waals surface area contributed by atoms with Gasteiger partial charge in [-0.1, -0.05) is 30.3 Å². The zero-order valence-corrected chi connectivity index (χ0v) is 15.4. The molecule has 5 nitrogen and oxygen atoms in total. The second-order valence-corrected chi connectivity index (χ2v) is 6.81. The number of anilines is 1. The molecule has 0 fully saturated rings. The third kappa shape index (κ3) is 3.56. The lowest BCUT2D eigenvalue weighted by Gasteiger charge is -2.21. The molecule has 136 valence electrons. The van der Waals surface area contributed by atoms with E-state index in [0.717, 1.165) is 44.7 Å². The first-order chi connectivity index (χ1) is 13.4. The smallest absolute Gasteiger partial charge is 0.136 e. The maximum Gasteiger partial charge on any atom is 0.136 e. The number of aromatic nitrogens is 2. The van der Waals surface area contributed by atoms with Gasteiger partial charge >= 0.3 is 0 Å². The molecular weight excluding hydrogens is 334 g/mol. The number of unbranched alkanes of at least 4 members (excludes halogenated alkanes) is 2. The summed E-state index contributed by atoms with van der Waals surface area (Å²) in [6, 6.07) is 15.2. The van der Waals surface area contributed by atoms with Crippen LogP contribution in [-0.4, -0.2) is 28.5 Å². The van der Waals surface area contributed by atoms with Crippen molar-refractivity contribution in [3.8, 4) is 6.07 Å². The lowest BCUT2D eigenvalue weighted by Crippen LogP contribution is -2.29. The number of aryl methyl sites for hydroxylation is 1. The van der Waals surface area contributed by atoms with Crippen LogP contribution in [0.2, 0.25) is 0 Å². The average molecular weight is 357 g/mol. The monoisotopic (exact) mass is 357 g/mol. The molecule has 0 bridgehead atoms. The minimum Gasteiger partial charge on any atom is -0.337 e. The molecule has 0 amide bonds. The van der Waals surface area contributed by atoms with E-state index in [-0.39, 0.29) is 0 Å². The number of benzene rings is 2. The van der Waals surface area contributed by atoms with Gasteiger partial charge in [0.25, 0.3) is 0 Å². The van der Waals surface area contributed by atoms with E-state index in [1.54, 1.807) is 0 Å². The molecule has 1 aliphatic heterocycles. The van der Waals surface area contributed by atoms with Crippen molar-refractivity contribution in [1.29, 1.82) is 5.26 Å². The number of nitrogens with zero attached hydrogens (tertiary/aromatic N) is 5. The van der Waals surface area contributed by atoms with Crippen LogP contribution in [0.4, 0.5) is 5.69 Å². The van der Waals surface area contributed by atoms with Crippen molar-refractivity contribution >= 4 is 22.3 Å². The van der Waals surface area contributed by atoms with Crippen LogP contribution in [0, 0.1) is 11.3 Å². The van der Waals surface area contributed by atoms with Crippen LogP contribution >= 0.6 is 0 Å². The van der Waals surface area contributed by atoms with E-state index in [1.165, 1.54) is 22.0 Å². The van der Waals surface area contributed by atoms with E-state index < -0.39 is 0 Å². The first-order valence-corrected chi connectivity index (χ1v) is 9.55. The fourth-order valence-electron chi connectivity index (χ4n) is 3.72. The van der Waals surface area contributed by atoms with Gasteiger partial charge in [0.2, 0.25) is 0 Å². The molecular formula is C22H23N5. The summed E-state index contributed by atoms with van der Waals surface area (Å²) in [6.07, 6.45) is 9.15. The molecule has 0 N–H and O–H groups in total. The molecule has 0 aliphatic carbocycles. The predicted octanol–water partition coefficient (Wildman–Crippen LogP) is 4.39. The molecule has 27 heavy (non-hydrogen) atoms. The molecule has 2 heterocycles. The molecule has 0 saturated carbocycles. The van der Waals surface area contributed by atoms with Gasteiger partial charge in [0.1, 0.15) is 5.84 Å². The molecule has 0 atom stereocenters. The Balaban J connectivity index is 1.56. The minimum absolute atomic E-state index is 0.613. The van der Waals surface area contributed by atoms with Crippen molar-refractivity contribution < 1.29 is 0 Å². The van der Waals surface area contributed by atoms with Crippen molar-refractivity contribution in [2.24, 2.45) is 4.99 Å². The van der Waals surface area contributed by atoms with E-state index in [0.29, 0.717) is 6.42 Å². The van der Waals surface area contributed by atoms with E-state index in [2.05, 4.69) is 56.9 Å². The van der Waals surface area contributed by atoms with Crippen molar-refractivity contribution in [1.82, 2.24) is 9.55 Å². The first kappa shape index (κ1) is 17.3. The highest BCUT2D eigenvalue weighted by Crippen LogP contribution is 2.37. The van der Waals surface area contributed by atoms with Crippen molar-refractivity contribution in [2.45, 2.75) is 32.2 Å². The third-order valence-electron chi connectivity index (χ3n) is 4.99. The van der Waals surface area contributed by atoms with Gasteiger partial charge in [-0.2, -0.15) is 5.26 Å². The highest BCUT2D eigenvalue weighted by atomic mass is 15.2. The standard InChI is InChI=1S/C22H23N5/c23-11-2-1-3-15-27-20-10-5-8-18-7-4-9-19(21(18)20)22(27)25-12-6-14-26-16-13-24-17-26/h4-5,7-10,13,16-17H,1-3,6,12,14-15H2. The molecule has 0 spiro atoms. The van der Waals surface area contributed by atoms with E-state index >= 15 is 0 Å². The molecule has 4 rings (SSSR count). The number of hydrogen-bond donors (Lipinski definition) is 0. The number of amidine groups is 1. The SMILES string of the molecule is N#CCCCCN1C(=NCCCn2ccnc2)c2cccc3cccc1c23. The van der Waals surface area contributed by atoms with Gasteiger partial charge in [0.15, 0.2) is 0 Å². The molecule has 2 aromatic carbocycles. The molecule has 1 aromatic heterocycles. The summed E-state index contributed by atoms with van der Waals surface area (Å²) < 4.78 is 2.09. The number of rotatable bonds is 8. The van der Waals surface area contributed by atoms with Crippen LogP contribution in [0.5, 0.6) is 0 Å². The maximum absolute atomic E-state index is 8.80. The van der Waals surface area contributed by atoms with Gasteiger partial charge in [-0.05, 0) is 30.7 Å². The highest BCUT2D eigenvalue weighted by molar-refractivity contribution is 6.27. The van der Waals surface area contributed by atoms with Crippen LogP contribution in [0.1, 0.15) is 31.2 Å². The molecule has 3 aromatic rings. The Morgan fingerprint density at radius 1 is 1.04 bits per heavy atom. The van der Waals surface area contributed by atoms with Gasteiger partial charge in [-0.25, -0.2) is 4.98 Å². The average Bonchev–Trinajstić information content (AvgIpc) is 3.31. The Hall–Kier alpha value is -3.13. The Kier molecular flexibility index (Phi) is 5.15. The summed E-state index contributed by atoms with van der Waals surface area (Å²) in [5.74, 6) is 1.07. The maximum atomic E-state index is 8.80. The Morgan fingerprint density at radius 2 is 1.93 bits per heavy atom. The first-order valence-electron chi connectivity index (χ1n) is 9.55. The predicted molar refractivity (Wildman–Crippen MR) is 109 cm³/mol. The largest absolute Gasteiger partial charge is 0.337 e. The van der Waals surface area contributed by atoms with Crippen molar-refractivity contribution in [3.05, 3.63) is 60.7 Å². The molecule has 0 radical (unpaired) electrons. The van der Waals surface area contributed by atoms with E-state index in [1.807, 2.05) is 18.7 Å². The quantitative estimate of drug-likeness (QED) is 0.562. The van der Waals surface area contributed by atoms with Gasteiger partial charge in [0.05, 0.1) is 18.1 Å². The minimum atomic E-state index is 0.613. The summed E-state index contributed by atoms with van der Waals surface area (Å²) in [5.41, 5.74) is 2.47. The lowest BCUT2D eigenvalue weighted by atomic mass is 10.1. The van der Waals surface area contributed by atoms with Crippen molar-refractivity contribution in [3.63, 3.8) is 0 Å². The zero-order chi connectivity index (χ0) is 18.5. The lowest BCUT2D eigenvalue weighted by molar-refractivity contribution is 0.650. The fourth-order valence-corrected chi connectivity index (χ4v) is 3.72. The second-order valence-electron chi connectivity index (χ2n) is 6.81. The van der Waals surface area contributed by atoms with Crippen LogP contribution in [-0.2, 0) is 6.54 Å². The summed E-state index contributed by atoms with van der Waals surface area (Å²) in [5, 5.41) is 11.4.